The first-order valence-corrected chi connectivity index (χ1v) is 5.56. The molecule has 0 fully saturated rings. The summed E-state index contributed by atoms with van der Waals surface area (Å²) >= 11 is 0. The van der Waals surface area contributed by atoms with Crippen LogP contribution in [0.3, 0.4) is 0 Å². The summed E-state index contributed by atoms with van der Waals surface area (Å²) in [4.78, 5) is 0. The molecule has 1 rings (SSSR count). The largest absolute Gasteiger partial charge is 0.496 e. The van der Waals surface area contributed by atoms with Gasteiger partial charge in [0.1, 0.15) is 5.75 Å². The second-order valence-electron chi connectivity index (χ2n) is 4.23. The molecule has 3 heteroatoms. The van der Waals surface area contributed by atoms with Gasteiger partial charge < -0.3 is 15.2 Å². The molecule has 1 aromatic rings. The van der Waals surface area contributed by atoms with E-state index in [1.165, 1.54) is 5.56 Å². The summed E-state index contributed by atoms with van der Waals surface area (Å²) in [5.41, 5.74) is 8.26. The lowest BCUT2D eigenvalue weighted by Crippen LogP contribution is -2.20. The van der Waals surface area contributed by atoms with Crippen molar-refractivity contribution in [3.8, 4) is 5.75 Å². The van der Waals surface area contributed by atoms with Crippen molar-refractivity contribution in [1.82, 2.24) is 0 Å². The smallest absolute Gasteiger partial charge is 0.123 e. The van der Waals surface area contributed by atoms with E-state index in [1.54, 1.807) is 7.11 Å². The van der Waals surface area contributed by atoms with Gasteiger partial charge in [0.25, 0.3) is 0 Å². The zero-order chi connectivity index (χ0) is 12.1. The first kappa shape index (κ1) is 13.0. The van der Waals surface area contributed by atoms with E-state index in [9.17, 15) is 0 Å². The normalized spacial score (nSPS) is 12.9. The molecule has 90 valence electrons. The van der Waals surface area contributed by atoms with Crippen LogP contribution in [-0.2, 0) is 4.74 Å². The molecular formula is C13H21NO2. The minimum atomic E-state index is -0.141. The molecule has 0 saturated carbocycles. The van der Waals surface area contributed by atoms with Gasteiger partial charge in [0.15, 0.2) is 0 Å². The van der Waals surface area contributed by atoms with Gasteiger partial charge >= 0.3 is 0 Å². The maximum Gasteiger partial charge on any atom is 0.123 e. The predicted molar refractivity (Wildman–Crippen MR) is 65.7 cm³/mol. The van der Waals surface area contributed by atoms with Gasteiger partial charge in [-0.05, 0) is 26.8 Å². The van der Waals surface area contributed by atoms with Crippen molar-refractivity contribution in [3.63, 3.8) is 0 Å². The Morgan fingerprint density at radius 2 is 2.00 bits per heavy atom. The summed E-state index contributed by atoms with van der Waals surface area (Å²) in [5.74, 6) is 0.824. The summed E-state index contributed by atoms with van der Waals surface area (Å²) in [5, 5.41) is 0. The van der Waals surface area contributed by atoms with E-state index in [0.29, 0.717) is 6.61 Å². The van der Waals surface area contributed by atoms with Gasteiger partial charge in [-0.1, -0.05) is 17.7 Å². The zero-order valence-electron chi connectivity index (χ0n) is 10.5. The summed E-state index contributed by atoms with van der Waals surface area (Å²) in [7, 11) is 1.66. The van der Waals surface area contributed by atoms with Gasteiger partial charge in [-0.15, -0.1) is 0 Å². The molecule has 0 amide bonds. The molecule has 0 bridgehead atoms. The Bertz CT molecular complexity index is 337. The molecule has 0 heterocycles. The molecule has 1 unspecified atom stereocenters. The first-order chi connectivity index (χ1) is 7.54. The van der Waals surface area contributed by atoms with Crippen LogP contribution in [0.15, 0.2) is 18.2 Å². The van der Waals surface area contributed by atoms with Crippen molar-refractivity contribution in [2.24, 2.45) is 5.73 Å². The van der Waals surface area contributed by atoms with Crippen LogP contribution in [0.2, 0.25) is 0 Å². The van der Waals surface area contributed by atoms with Gasteiger partial charge in [0.2, 0.25) is 0 Å². The highest BCUT2D eigenvalue weighted by molar-refractivity contribution is 5.39. The summed E-state index contributed by atoms with van der Waals surface area (Å²) in [6.07, 6.45) is 0.196. The summed E-state index contributed by atoms with van der Waals surface area (Å²) < 4.78 is 10.8. The number of benzene rings is 1. The number of hydrogen-bond donors (Lipinski definition) is 1. The van der Waals surface area contributed by atoms with E-state index in [-0.39, 0.29) is 12.1 Å². The van der Waals surface area contributed by atoms with E-state index in [2.05, 4.69) is 0 Å². The highest BCUT2D eigenvalue weighted by Gasteiger charge is 2.12. The Morgan fingerprint density at radius 1 is 1.31 bits per heavy atom. The molecule has 0 aliphatic rings. The molecule has 0 aliphatic heterocycles. The maximum absolute atomic E-state index is 6.08. The summed E-state index contributed by atoms with van der Waals surface area (Å²) in [6.45, 7) is 6.55. The molecule has 2 N–H and O–H groups in total. The van der Waals surface area contributed by atoms with Gasteiger partial charge in [0, 0.05) is 5.56 Å². The predicted octanol–water partition coefficient (Wildman–Crippen LogP) is 2.43. The molecule has 3 nitrogen and oxygen atoms in total. The molecule has 0 aliphatic carbocycles. The number of nitrogens with two attached hydrogens (primary N) is 1. The van der Waals surface area contributed by atoms with Gasteiger partial charge in [-0.2, -0.15) is 0 Å². The fraction of sp³-hybridized carbons (Fsp3) is 0.538. The van der Waals surface area contributed by atoms with Crippen LogP contribution < -0.4 is 10.5 Å². The van der Waals surface area contributed by atoms with Crippen LogP contribution in [0.4, 0.5) is 0 Å². The van der Waals surface area contributed by atoms with Gasteiger partial charge in [-0.25, -0.2) is 0 Å². The average Bonchev–Trinajstić information content (AvgIpc) is 2.25. The molecule has 16 heavy (non-hydrogen) atoms. The van der Waals surface area contributed by atoms with Crippen LogP contribution >= 0.6 is 0 Å². The van der Waals surface area contributed by atoms with Crippen molar-refractivity contribution in [2.75, 3.05) is 13.7 Å². The number of ether oxygens (including phenoxy) is 2. The van der Waals surface area contributed by atoms with Crippen molar-refractivity contribution in [2.45, 2.75) is 32.9 Å². The van der Waals surface area contributed by atoms with E-state index in [4.69, 9.17) is 15.2 Å². The standard InChI is InChI=1S/C13H21NO2/c1-9(2)16-8-12(14)11-7-10(3)5-6-13(11)15-4/h5-7,9,12H,8,14H2,1-4H3. The Hall–Kier alpha value is -1.06. The fourth-order valence-corrected chi connectivity index (χ4v) is 1.53. The Morgan fingerprint density at radius 3 is 2.56 bits per heavy atom. The molecule has 1 aromatic carbocycles. The van der Waals surface area contributed by atoms with E-state index >= 15 is 0 Å². The van der Waals surface area contributed by atoms with Gasteiger partial charge in [-0.3, -0.25) is 0 Å². The van der Waals surface area contributed by atoms with E-state index in [0.717, 1.165) is 11.3 Å². The number of aryl methyl sites for hydroxylation is 1. The molecule has 0 aromatic heterocycles. The lowest BCUT2D eigenvalue weighted by atomic mass is 10.0. The third kappa shape index (κ3) is 3.51. The second kappa shape index (κ2) is 5.87. The topological polar surface area (TPSA) is 44.5 Å². The number of methoxy groups -OCH3 is 1. The lowest BCUT2D eigenvalue weighted by Gasteiger charge is -2.17. The third-order valence-electron chi connectivity index (χ3n) is 2.39. The minimum absolute atomic E-state index is 0.141. The first-order valence-electron chi connectivity index (χ1n) is 5.56. The Kier molecular flexibility index (Phi) is 4.77. The molecular weight excluding hydrogens is 202 g/mol. The number of hydrogen-bond acceptors (Lipinski definition) is 3. The van der Waals surface area contributed by atoms with Crippen LogP contribution in [0.5, 0.6) is 5.75 Å². The van der Waals surface area contributed by atoms with Gasteiger partial charge in [0.05, 0.1) is 25.9 Å². The fourth-order valence-electron chi connectivity index (χ4n) is 1.53. The lowest BCUT2D eigenvalue weighted by molar-refractivity contribution is 0.0679. The van der Waals surface area contributed by atoms with Crippen LogP contribution in [-0.4, -0.2) is 19.8 Å². The minimum Gasteiger partial charge on any atom is -0.496 e. The SMILES string of the molecule is COc1ccc(C)cc1C(N)COC(C)C. The molecule has 0 saturated heterocycles. The van der Waals surface area contributed by atoms with Crippen LogP contribution in [0, 0.1) is 6.92 Å². The van der Waals surface area contributed by atoms with E-state index < -0.39 is 0 Å². The Balaban J connectivity index is 2.80. The zero-order valence-corrected chi connectivity index (χ0v) is 10.5. The average molecular weight is 223 g/mol. The molecule has 1 atom stereocenters. The molecule has 0 radical (unpaired) electrons. The highest BCUT2D eigenvalue weighted by Crippen LogP contribution is 2.25. The van der Waals surface area contributed by atoms with Crippen molar-refractivity contribution in [3.05, 3.63) is 29.3 Å². The maximum atomic E-state index is 6.08. The highest BCUT2D eigenvalue weighted by atomic mass is 16.5. The van der Waals surface area contributed by atoms with Crippen LogP contribution in [0.1, 0.15) is 31.0 Å². The van der Waals surface area contributed by atoms with Crippen molar-refractivity contribution < 1.29 is 9.47 Å². The van der Waals surface area contributed by atoms with E-state index in [1.807, 2.05) is 39.0 Å². The van der Waals surface area contributed by atoms with Crippen molar-refractivity contribution >= 4 is 0 Å². The summed E-state index contributed by atoms with van der Waals surface area (Å²) in [6, 6.07) is 5.86. The monoisotopic (exact) mass is 223 g/mol. The molecule has 0 spiro atoms. The Labute approximate surface area is 97.6 Å². The quantitative estimate of drug-likeness (QED) is 0.833. The third-order valence-corrected chi connectivity index (χ3v) is 2.39. The van der Waals surface area contributed by atoms with Crippen LogP contribution in [0.25, 0.3) is 0 Å². The number of rotatable bonds is 5. The van der Waals surface area contributed by atoms with Crippen molar-refractivity contribution in [1.29, 1.82) is 0 Å². The second-order valence-corrected chi connectivity index (χ2v) is 4.23.